The minimum absolute atomic E-state index is 0.245. The van der Waals surface area contributed by atoms with Crippen molar-refractivity contribution >= 4 is 33.5 Å². The molecule has 1 heterocycles. The Balaban J connectivity index is 1.45. The number of aromatic nitrogens is 1. The van der Waals surface area contributed by atoms with Crippen LogP contribution in [0.4, 0.5) is 5.69 Å². The standard InChI is InChI=1S/C25H18N2O3/c1-29-22-9-5-4-8-20(22)24(28)26-19-12-13-23-21(15-19)27-25(30-23)18-11-10-16-6-2-3-7-17(16)14-18/h2-15H,1H3,(H,26,28). The van der Waals surface area contributed by atoms with Crippen molar-refractivity contribution in [3.05, 3.63) is 90.5 Å². The molecular formula is C25H18N2O3. The summed E-state index contributed by atoms with van der Waals surface area (Å²) in [4.78, 5) is 17.3. The summed E-state index contributed by atoms with van der Waals surface area (Å²) >= 11 is 0. The second-order valence-electron chi connectivity index (χ2n) is 6.92. The smallest absolute Gasteiger partial charge is 0.259 e. The van der Waals surface area contributed by atoms with Crippen LogP contribution in [0.2, 0.25) is 0 Å². The number of rotatable bonds is 4. The summed E-state index contributed by atoms with van der Waals surface area (Å²) in [6.45, 7) is 0. The zero-order valence-corrected chi connectivity index (χ0v) is 16.3. The van der Waals surface area contributed by atoms with Crippen LogP contribution >= 0.6 is 0 Å². The van der Waals surface area contributed by atoms with Crippen LogP contribution < -0.4 is 10.1 Å². The average molecular weight is 394 g/mol. The molecule has 5 heteroatoms. The van der Waals surface area contributed by atoms with Crippen molar-refractivity contribution < 1.29 is 13.9 Å². The van der Waals surface area contributed by atoms with Gasteiger partial charge < -0.3 is 14.5 Å². The summed E-state index contributed by atoms with van der Waals surface area (Å²) in [5.41, 5.74) is 3.35. The van der Waals surface area contributed by atoms with Gasteiger partial charge in [-0.15, -0.1) is 0 Å². The fourth-order valence-electron chi connectivity index (χ4n) is 3.48. The Morgan fingerprint density at radius 1 is 0.900 bits per heavy atom. The summed E-state index contributed by atoms with van der Waals surface area (Å²) in [5.74, 6) is 0.824. The lowest BCUT2D eigenvalue weighted by atomic mass is 10.1. The van der Waals surface area contributed by atoms with E-state index in [9.17, 15) is 4.79 Å². The van der Waals surface area contributed by atoms with Gasteiger partial charge in [0.05, 0.1) is 12.7 Å². The highest BCUT2D eigenvalue weighted by atomic mass is 16.5. The van der Waals surface area contributed by atoms with Crippen LogP contribution in [-0.2, 0) is 0 Å². The lowest BCUT2D eigenvalue weighted by Crippen LogP contribution is -2.13. The molecule has 1 aromatic heterocycles. The van der Waals surface area contributed by atoms with Gasteiger partial charge in [0.25, 0.3) is 5.91 Å². The fraction of sp³-hybridized carbons (Fsp3) is 0.0400. The summed E-state index contributed by atoms with van der Waals surface area (Å²) in [5, 5.41) is 5.19. The molecule has 0 radical (unpaired) electrons. The predicted octanol–water partition coefficient (Wildman–Crippen LogP) is 5.91. The molecule has 4 aromatic carbocycles. The Labute approximate surface area is 172 Å². The normalized spacial score (nSPS) is 11.0. The van der Waals surface area contributed by atoms with Crippen LogP contribution in [-0.4, -0.2) is 18.0 Å². The molecule has 0 unspecified atom stereocenters. The van der Waals surface area contributed by atoms with Gasteiger partial charge in [-0.05, 0) is 53.2 Å². The van der Waals surface area contributed by atoms with E-state index >= 15 is 0 Å². The number of nitrogens with zero attached hydrogens (tertiary/aromatic N) is 1. The summed E-state index contributed by atoms with van der Waals surface area (Å²) in [7, 11) is 1.54. The Morgan fingerprint density at radius 2 is 1.70 bits per heavy atom. The number of carbonyl (C=O) groups is 1. The molecule has 1 N–H and O–H groups in total. The van der Waals surface area contributed by atoms with Crippen LogP contribution in [0.5, 0.6) is 5.75 Å². The predicted molar refractivity (Wildman–Crippen MR) is 118 cm³/mol. The van der Waals surface area contributed by atoms with Gasteiger partial charge in [0.15, 0.2) is 5.58 Å². The lowest BCUT2D eigenvalue weighted by molar-refractivity contribution is 0.102. The molecule has 30 heavy (non-hydrogen) atoms. The number of ether oxygens (including phenoxy) is 1. The number of methoxy groups -OCH3 is 1. The second-order valence-corrected chi connectivity index (χ2v) is 6.92. The number of anilines is 1. The van der Waals surface area contributed by atoms with E-state index in [2.05, 4.69) is 34.6 Å². The maximum atomic E-state index is 12.6. The Hall–Kier alpha value is -4.12. The molecule has 0 aliphatic rings. The number of benzene rings is 4. The van der Waals surface area contributed by atoms with Crippen molar-refractivity contribution in [1.29, 1.82) is 0 Å². The van der Waals surface area contributed by atoms with E-state index < -0.39 is 0 Å². The van der Waals surface area contributed by atoms with Crippen molar-refractivity contribution in [2.75, 3.05) is 12.4 Å². The highest BCUT2D eigenvalue weighted by Gasteiger charge is 2.14. The molecule has 146 valence electrons. The topological polar surface area (TPSA) is 64.4 Å². The van der Waals surface area contributed by atoms with Gasteiger partial charge in [-0.1, -0.05) is 42.5 Å². The largest absolute Gasteiger partial charge is 0.496 e. The van der Waals surface area contributed by atoms with E-state index in [0.29, 0.717) is 34.0 Å². The van der Waals surface area contributed by atoms with Crippen molar-refractivity contribution in [1.82, 2.24) is 4.98 Å². The second kappa shape index (κ2) is 7.37. The van der Waals surface area contributed by atoms with Crippen molar-refractivity contribution in [3.63, 3.8) is 0 Å². The third-order valence-corrected chi connectivity index (χ3v) is 4.99. The van der Waals surface area contributed by atoms with Crippen LogP contribution in [0.3, 0.4) is 0 Å². The molecule has 0 saturated carbocycles. The van der Waals surface area contributed by atoms with Crippen LogP contribution in [0, 0.1) is 0 Å². The van der Waals surface area contributed by atoms with Gasteiger partial charge in [0, 0.05) is 11.3 Å². The van der Waals surface area contributed by atoms with E-state index in [0.717, 1.165) is 10.9 Å². The van der Waals surface area contributed by atoms with E-state index in [1.807, 2.05) is 30.3 Å². The number of amides is 1. The fourth-order valence-corrected chi connectivity index (χ4v) is 3.48. The summed E-state index contributed by atoms with van der Waals surface area (Å²) < 4.78 is 11.2. The molecule has 0 fully saturated rings. The Kier molecular flexibility index (Phi) is 4.41. The number of fused-ring (bicyclic) bond motifs is 2. The van der Waals surface area contributed by atoms with Crippen LogP contribution in [0.1, 0.15) is 10.4 Å². The molecular weight excluding hydrogens is 376 g/mol. The highest BCUT2D eigenvalue weighted by molar-refractivity contribution is 6.06. The van der Waals surface area contributed by atoms with E-state index in [4.69, 9.17) is 9.15 Å². The minimum atomic E-state index is -0.245. The maximum absolute atomic E-state index is 12.6. The van der Waals surface area contributed by atoms with Gasteiger partial charge in [0.1, 0.15) is 11.3 Å². The summed E-state index contributed by atoms with van der Waals surface area (Å²) in [6.07, 6.45) is 0. The van der Waals surface area contributed by atoms with Gasteiger partial charge in [-0.2, -0.15) is 0 Å². The molecule has 5 rings (SSSR count). The maximum Gasteiger partial charge on any atom is 0.259 e. The summed E-state index contributed by atoms with van der Waals surface area (Å²) in [6, 6.07) is 26.8. The third kappa shape index (κ3) is 3.26. The highest BCUT2D eigenvalue weighted by Crippen LogP contribution is 2.29. The first-order valence-electron chi connectivity index (χ1n) is 9.55. The van der Waals surface area contributed by atoms with Gasteiger partial charge >= 0.3 is 0 Å². The molecule has 5 nitrogen and oxygen atoms in total. The molecule has 1 amide bonds. The van der Waals surface area contributed by atoms with Gasteiger partial charge in [0.2, 0.25) is 5.89 Å². The molecule has 0 bridgehead atoms. The Morgan fingerprint density at radius 3 is 2.57 bits per heavy atom. The van der Waals surface area contributed by atoms with Crippen molar-refractivity contribution in [2.24, 2.45) is 0 Å². The number of nitrogens with one attached hydrogen (secondary N) is 1. The zero-order chi connectivity index (χ0) is 20.5. The Bertz CT molecular complexity index is 1390. The van der Waals surface area contributed by atoms with Crippen LogP contribution in [0.25, 0.3) is 33.3 Å². The average Bonchev–Trinajstić information content (AvgIpc) is 3.22. The lowest BCUT2D eigenvalue weighted by Gasteiger charge is -2.08. The number of hydrogen-bond donors (Lipinski definition) is 1. The molecule has 0 aliphatic carbocycles. The number of carbonyl (C=O) groups excluding carboxylic acids is 1. The molecule has 0 saturated heterocycles. The first-order chi connectivity index (χ1) is 14.7. The van der Waals surface area contributed by atoms with Crippen molar-refractivity contribution in [3.8, 4) is 17.2 Å². The first kappa shape index (κ1) is 17.9. The molecule has 5 aromatic rings. The third-order valence-electron chi connectivity index (χ3n) is 4.99. The van der Waals surface area contributed by atoms with E-state index in [1.54, 1.807) is 37.4 Å². The molecule has 0 aliphatic heterocycles. The number of para-hydroxylation sites is 1. The van der Waals surface area contributed by atoms with Crippen molar-refractivity contribution in [2.45, 2.75) is 0 Å². The van der Waals surface area contributed by atoms with Crippen LogP contribution in [0.15, 0.2) is 89.3 Å². The zero-order valence-electron chi connectivity index (χ0n) is 16.3. The molecule has 0 atom stereocenters. The SMILES string of the molecule is COc1ccccc1C(=O)Nc1ccc2oc(-c3ccc4ccccc4c3)nc2c1. The molecule has 0 spiro atoms. The minimum Gasteiger partial charge on any atom is -0.496 e. The van der Waals surface area contributed by atoms with E-state index in [1.165, 1.54) is 5.39 Å². The number of oxazole rings is 1. The van der Waals surface area contributed by atoms with Gasteiger partial charge in [-0.25, -0.2) is 4.98 Å². The quantitative estimate of drug-likeness (QED) is 0.412. The first-order valence-corrected chi connectivity index (χ1v) is 9.55. The van der Waals surface area contributed by atoms with Gasteiger partial charge in [-0.3, -0.25) is 4.79 Å². The van der Waals surface area contributed by atoms with E-state index in [-0.39, 0.29) is 5.91 Å². The number of hydrogen-bond acceptors (Lipinski definition) is 4. The monoisotopic (exact) mass is 394 g/mol.